The lowest BCUT2D eigenvalue weighted by Gasteiger charge is -2.49. The zero-order chi connectivity index (χ0) is 14.0. The standard InChI is InChI=1S/C17H34N2/c1-6-18-16-9-12(2)8-15(5)17(16)19-10-13(3)7-14(4)11-19/h12-18H,6-11H2,1-5H3. The Hall–Kier alpha value is -0.0800. The van der Waals surface area contributed by atoms with E-state index in [2.05, 4.69) is 44.8 Å². The van der Waals surface area contributed by atoms with Gasteiger partial charge in [-0.05, 0) is 49.5 Å². The zero-order valence-electron chi connectivity index (χ0n) is 13.7. The van der Waals surface area contributed by atoms with Gasteiger partial charge >= 0.3 is 0 Å². The van der Waals surface area contributed by atoms with E-state index >= 15 is 0 Å². The van der Waals surface area contributed by atoms with Gasteiger partial charge in [-0.3, -0.25) is 4.90 Å². The van der Waals surface area contributed by atoms with Crippen LogP contribution in [0.1, 0.15) is 53.9 Å². The topological polar surface area (TPSA) is 15.3 Å². The first kappa shape index (κ1) is 15.3. The molecule has 1 N–H and O–H groups in total. The Morgan fingerprint density at radius 2 is 1.53 bits per heavy atom. The van der Waals surface area contributed by atoms with Crippen LogP contribution in [0.2, 0.25) is 0 Å². The van der Waals surface area contributed by atoms with Gasteiger partial charge in [-0.1, -0.05) is 34.6 Å². The molecule has 0 amide bonds. The van der Waals surface area contributed by atoms with Gasteiger partial charge in [0.05, 0.1) is 0 Å². The minimum Gasteiger partial charge on any atom is -0.313 e. The third-order valence-electron chi connectivity index (χ3n) is 5.21. The van der Waals surface area contributed by atoms with E-state index < -0.39 is 0 Å². The molecule has 2 rings (SSSR count). The average Bonchev–Trinajstić information content (AvgIpc) is 2.26. The minimum absolute atomic E-state index is 0.709. The second kappa shape index (κ2) is 6.58. The molecule has 1 heterocycles. The molecule has 1 saturated heterocycles. The molecule has 2 nitrogen and oxygen atoms in total. The van der Waals surface area contributed by atoms with Crippen molar-refractivity contribution in [2.75, 3.05) is 19.6 Å². The summed E-state index contributed by atoms with van der Waals surface area (Å²) in [5.74, 6) is 3.47. The van der Waals surface area contributed by atoms with E-state index in [9.17, 15) is 0 Å². The molecule has 19 heavy (non-hydrogen) atoms. The van der Waals surface area contributed by atoms with Gasteiger partial charge in [0.1, 0.15) is 0 Å². The lowest BCUT2D eigenvalue weighted by atomic mass is 9.74. The fourth-order valence-electron chi connectivity index (χ4n) is 4.88. The first-order valence-electron chi connectivity index (χ1n) is 8.48. The molecule has 1 aliphatic carbocycles. The highest BCUT2D eigenvalue weighted by Gasteiger charge is 2.39. The number of likely N-dealkylation sites (N-methyl/N-ethyl adjacent to an activating group) is 1. The van der Waals surface area contributed by atoms with E-state index in [0.29, 0.717) is 6.04 Å². The predicted molar refractivity (Wildman–Crippen MR) is 83.3 cm³/mol. The predicted octanol–water partition coefficient (Wildman–Crippen LogP) is 3.38. The highest BCUT2D eigenvalue weighted by molar-refractivity contribution is 4.95. The van der Waals surface area contributed by atoms with Crippen molar-refractivity contribution >= 4 is 0 Å². The monoisotopic (exact) mass is 266 g/mol. The minimum atomic E-state index is 0.709. The summed E-state index contributed by atoms with van der Waals surface area (Å²) in [6.07, 6.45) is 4.19. The third kappa shape index (κ3) is 3.72. The van der Waals surface area contributed by atoms with Crippen LogP contribution in [0, 0.1) is 23.7 Å². The van der Waals surface area contributed by atoms with E-state index in [4.69, 9.17) is 0 Å². The molecule has 1 saturated carbocycles. The van der Waals surface area contributed by atoms with E-state index in [0.717, 1.165) is 36.3 Å². The van der Waals surface area contributed by atoms with Crippen LogP contribution in [0.25, 0.3) is 0 Å². The Kier molecular flexibility index (Phi) is 5.30. The summed E-state index contributed by atoms with van der Waals surface area (Å²) < 4.78 is 0. The lowest BCUT2D eigenvalue weighted by molar-refractivity contribution is 0.0179. The molecule has 6 atom stereocenters. The number of nitrogens with zero attached hydrogens (tertiary/aromatic N) is 1. The Morgan fingerprint density at radius 3 is 2.11 bits per heavy atom. The van der Waals surface area contributed by atoms with Crippen molar-refractivity contribution in [1.82, 2.24) is 10.2 Å². The molecular weight excluding hydrogens is 232 g/mol. The van der Waals surface area contributed by atoms with E-state index in [1.165, 1.54) is 32.4 Å². The van der Waals surface area contributed by atoms with Crippen molar-refractivity contribution < 1.29 is 0 Å². The summed E-state index contributed by atoms with van der Waals surface area (Å²) in [5, 5.41) is 3.78. The second-order valence-corrected chi connectivity index (χ2v) is 7.61. The first-order valence-corrected chi connectivity index (χ1v) is 8.48. The number of hydrogen-bond donors (Lipinski definition) is 1. The molecule has 2 heteroatoms. The van der Waals surface area contributed by atoms with Gasteiger partial charge < -0.3 is 5.32 Å². The van der Waals surface area contributed by atoms with Gasteiger partial charge in [0.2, 0.25) is 0 Å². The van der Waals surface area contributed by atoms with Gasteiger partial charge in [-0.25, -0.2) is 0 Å². The summed E-state index contributed by atoms with van der Waals surface area (Å²) in [5.41, 5.74) is 0. The van der Waals surface area contributed by atoms with Crippen LogP contribution in [-0.4, -0.2) is 36.6 Å². The maximum Gasteiger partial charge on any atom is 0.0275 e. The number of rotatable bonds is 3. The third-order valence-corrected chi connectivity index (χ3v) is 5.21. The summed E-state index contributed by atoms with van der Waals surface area (Å²) in [4.78, 5) is 2.82. The maximum absolute atomic E-state index is 3.78. The van der Waals surface area contributed by atoms with Crippen molar-refractivity contribution in [3.63, 3.8) is 0 Å². The average molecular weight is 266 g/mol. The highest BCUT2D eigenvalue weighted by atomic mass is 15.2. The number of likely N-dealkylation sites (tertiary alicyclic amines) is 1. The zero-order valence-corrected chi connectivity index (χ0v) is 13.7. The molecule has 2 fully saturated rings. The molecule has 0 radical (unpaired) electrons. The van der Waals surface area contributed by atoms with Gasteiger partial charge in [0, 0.05) is 25.2 Å². The molecule has 2 aliphatic rings. The van der Waals surface area contributed by atoms with E-state index in [1.54, 1.807) is 0 Å². The van der Waals surface area contributed by atoms with Gasteiger partial charge in [0.25, 0.3) is 0 Å². The molecule has 6 unspecified atom stereocenters. The van der Waals surface area contributed by atoms with E-state index in [-0.39, 0.29) is 0 Å². The van der Waals surface area contributed by atoms with Crippen LogP contribution < -0.4 is 5.32 Å². The van der Waals surface area contributed by atoms with Crippen LogP contribution >= 0.6 is 0 Å². The van der Waals surface area contributed by atoms with Crippen LogP contribution in [0.4, 0.5) is 0 Å². The molecule has 0 aromatic heterocycles. The Bertz CT molecular complexity index is 268. The molecule has 0 spiro atoms. The lowest BCUT2D eigenvalue weighted by Crippen LogP contribution is -2.59. The molecule has 0 bridgehead atoms. The van der Waals surface area contributed by atoms with Gasteiger partial charge in [-0.15, -0.1) is 0 Å². The van der Waals surface area contributed by atoms with Gasteiger partial charge in [-0.2, -0.15) is 0 Å². The summed E-state index contributed by atoms with van der Waals surface area (Å²) >= 11 is 0. The summed E-state index contributed by atoms with van der Waals surface area (Å²) in [6.45, 7) is 15.8. The van der Waals surface area contributed by atoms with Crippen molar-refractivity contribution in [1.29, 1.82) is 0 Å². The normalized spacial score (nSPS) is 45.3. The summed E-state index contributed by atoms with van der Waals surface area (Å²) in [7, 11) is 0. The van der Waals surface area contributed by atoms with Crippen LogP contribution in [-0.2, 0) is 0 Å². The smallest absolute Gasteiger partial charge is 0.0275 e. The van der Waals surface area contributed by atoms with Crippen molar-refractivity contribution in [2.45, 2.75) is 66.0 Å². The van der Waals surface area contributed by atoms with Crippen LogP contribution in [0.5, 0.6) is 0 Å². The largest absolute Gasteiger partial charge is 0.313 e. The quantitative estimate of drug-likeness (QED) is 0.842. The Balaban J connectivity index is 2.09. The molecule has 1 aliphatic heterocycles. The highest BCUT2D eigenvalue weighted by Crippen LogP contribution is 2.35. The second-order valence-electron chi connectivity index (χ2n) is 7.61. The van der Waals surface area contributed by atoms with Crippen LogP contribution in [0.15, 0.2) is 0 Å². The molecule has 112 valence electrons. The fraction of sp³-hybridized carbons (Fsp3) is 1.00. The van der Waals surface area contributed by atoms with Crippen LogP contribution in [0.3, 0.4) is 0 Å². The van der Waals surface area contributed by atoms with E-state index in [1.807, 2.05) is 0 Å². The maximum atomic E-state index is 3.78. The van der Waals surface area contributed by atoms with Gasteiger partial charge in [0.15, 0.2) is 0 Å². The Labute approximate surface area is 120 Å². The number of hydrogen-bond acceptors (Lipinski definition) is 2. The number of nitrogens with one attached hydrogen (secondary N) is 1. The number of piperidine rings is 1. The first-order chi connectivity index (χ1) is 9.01. The Morgan fingerprint density at radius 1 is 0.895 bits per heavy atom. The molecule has 0 aromatic carbocycles. The summed E-state index contributed by atoms with van der Waals surface area (Å²) in [6, 6.07) is 1.47. The SMILES string of the molecule is CCNC1CC(C)CC(C)C1N1CC(C)CC(C)C1. The van der Waals surface area contributed by atoms with Crippen molar-refractivity contribution in [3.8, 4) is 0 Å². The molecular formula is C17H34N2. The molecule has 0 aromatic rings. The van der Waals surface area contributed by atoms with Crippen molar-refractivity contribution in [3.05, 3.63) is 0 Å². The van der Waals surface area contributed by atoms with Crippen molar-refractivity contribution in [2.24, 2.45) is 23.7 Å². The fourth-order valence-corrected chi connectivity index (χ4v) is 4.88.